The molecule has 0 aromatic carbocycles. The number of urea groups is 1. The van der Waals surface area contributed by atoms with Gasteiger partial charge in [-0.25, -0.2) is 14.8 Å². The van der Waals surface area contributed by atoms with Gasteiger partial charge in [-0.3, -0.25) is 0 Å². The van der Waals surface area contributed by atoms with Crippen LogP contribution < -0.4 is 10.1 Å². The molecule has 1 aromatic heterocycles. The molecule has 2 fully saturated rings. The zero-order chi connectivity index (χ0) is 15.9. The molecule has 2 aliphatic rings. The van der Waals surface area contributed by atoms with Gasteiger partial charge in [0.1, 0.15) is 12.7 Å². The molecule has 1 saturated carbocycles. The van der Waals surface area contributed by atoms with Crippen molar-refractivity contribution in [2.45, 2.75) is 44.2 Å². The lowest BCUT2D eigenvalue weighted by Crippen LogP contribution is -2.53. The summed E-state index contributed by atoms with van der Waals surface area (Å²) in [6.45, 7) is 2.03. The summed E-state index contributed by atoms with van der Waals surface area (Å²) in [5, 5.41) is 3.15. The molecule has 1 aliphatic heterocycles. The molecule has 7 nitrogen and oxygen atoms in total. The van der Waals surface area contributed by atoms with E-state index in [4.69, 9.17) is 9.47 Å². The van der Waals surface area contributed by atoms with Gasteiger partial charge in [-0.15, -0.1) is 0 Å². The van der Waals surface area contributed by atoms with E-state index in [-0.39, 0.29) is 12.1 Å². The summed E-state index contributed by atoms with van der Waals surface area (Å²) < 4.78 is 11.2. The van der Waals surface area contributed by atoms with Crippen LogP contribution in [0.4, 0.5) is 4.79 Å². The van der Waals surface area contributed by atoms with E-state index in [2.05, 4.69) is 15.3 Å². The van der Waals surface area contributed by atoms with Crippen molar-refractivity contribution >= 4 is 6.03 Å². The van der Waals surface area contributed by atoms with E-state index in [0.29, 0.717) is 38.4 Å². The molecule has 1 atom stereocenters. The van der Waals surface area contributed by atoms with Crippen LogP contribution in [0.25, 0.3) is 0 Å². The third kappa shape index (κ3) is 4.79. The Balaban J connectivity index is 1.44. The first kappa shape index (κ1) is 16.0. The fourth-order valence-electron chi connectivity index (χ4n) is 3.04. The van der Waals surface area contributed by atoms with E-state index in [1.807, 2.05) is 4.90 Å². The molecule has 1 saturated heterocycles. The molecule has 1 unspecified atom stereocenters. The third-order valence-electron chi connectivity index (χ3n) is 4.30. The topological polar surface area (TPSA) is 76.6 Å². The van der Waals surface area contributed by atoms with Crippen LogP contribution in [0.15, 0.2) is 18.5 Å². The van der Waals surface area contributed by atoms with Crippen LogP contribution in [0, 0.1) is 0 Å². The van der Waals surface area contributed by atoms with Crippen molar-refractivity contribution in [2.75, 3.05) is 26.3 Å². The maximum absolute atomic E-state index is 12.4. The van der Waals surface area contributed by atoms with Crippen LogP contribution in [0.3, 0.4) is 0 Å². The summed E-state index contributed by atoms with van der Waals surface area (Å²) in [5.74, 6) is 0. The lowest BCUT2D eigenvalue weighted by Gasteiger charge is -2.34. The highest BCUT2D eigenvalue weighted by atomic mass is 16.5. The highest BCUT2D eigenvalue weighted by Gasteiger charge is 2.26. The van der Waals surface area contributed by atoms with E-state index in [9.17, 15) is 4.79 Å². The number of amides is 2. The summed E-state index contributed by atoms with van der Waals surface area (Å²) >= 11 is 0. The average molecular weight is 320 g/mol. The number of nitrogens with one attached hydrogen (secondary N) is 1. The van der Waals surface area contributed by atoms with Crippen LogP contribution >= 0.6 is 0 Å². The average Bonchev–Trinajstić information content (AvgIpc) is 2.62. The summed E-state index contributed by atoms with van der Waals surface area (Å²) in [6.07, 6.45) is 9.00. The molecule has 2 heterocycles. The molecular weight excluding hydrogens is 296 g/mol. The van der Waals surface area contributed by atoms with Crippen molar-refractivity contribution in [1.82, 2.24) is 20.2 Å². The van der Waals surface area contributed by atoms with Gasteiger partial charge in [0.15, 0.2) is 0 Å². The van der Waals surface area contributed by atoms with E-state index in [1.54, 1.807) is 18.5 Å². The number of carbonyl (C=O) groups is 1. The number of hydrogen-bond donors (Lipinski definition) is 1. The normalized spacial score (nSPS) is 22.6. The van der Waals surface area contributed by atoms with Gasteiger partial charge in [0.05, 0.1) is 13.2 Å². The van der Waals surface area contributed by atoms with Crippen LogP contribution in [0.1, 0.15) is 32.1 Å². The summed E-state index contributed by atoms with van der Waals surface area (Å²) in [7, 11) is 0. The summed E-state index contributed by atoms with van der Waals surface area (Å²) in [5.41, 5.74) is 0. The van der Waals surface area contributed by atoms with Gasteiger partial charge in [-0.05, 0) is 18.9 Å². The molecule has 3 rings (SSSR count). The third-order valence-corrected chi connectivity index (χ3v) is 4.30. The maximum Gasteiger partial charge on any atom is 0.317 e. The monoisotopic (exact) mass is 320 g/mol. The predicted molar refractivity (Wildman–Crippen MR) is 84.2 cm³/mol. The second-order valence-electron chi connectivity index (χ2n) is 6.07. The van der Waals surface area contributed by atoms with Crippen LogP contribution in [-0.2, 0) is 4.74 Å². The first-order valence-electron chi connectivity index (χ1n) is 8.38. The first-order valence-corrected chi connectivity index (χ1v) is 8.38. The fraction of sp³-hybridized carbons (Fsp3) is 0.688. The van der Waals surface area contributed by atoms with Gasteiger partial charge in [0.2, 0.25) is 0 Å². The van der Waals surface area contributed by atoms with Gasteiger partial charge in [-0.1, -0.05) is 19.3 Å². The van der Waals surface area contributed by atoms with Gasteiger partial charge >= 0.3 is 12.0 Å². The highest BCUT2D eigenvalue weighted by molar-refractivity contribution is 5.74. The largest absolute Gasteiger partial charge is 0.461 e. The Kier molecular flexibility index (Phi) is 5.63. The second-order valence-corrected chi connectivity index (χ2v) is 6.07. The Morgan fingerprint density at radius 1 is 1.30 bits per heavy atom. The molecule has 7 heteroatoms. The molecule has 23 heavy (non-hydrogen) atoms. The van der Waals surface area contributed by atoms with Crippen LogP contribution in [0.2, 0.25) is 0 Å². The Morgan fingerprint density at radius 3 is 2.87 bits per heavy atom. The molecule has 2 amide bonds. The van der Waals surface area contributed by atoms with Crippen molar-refractivity contribution in [1.29, 1.82) is 0 Å². The molecule has 0 bridgehead atoms. The van der Waals surface area contributed by atoms with Crippen molar-refractivity contribution < 1.29 is 14.3 Å². The Hall–Kier alpha value is -1.89. The highest BCUT2D eigenvalue weighted by Crippen LogP contribution is 2.18. The lowest BCUT2D eigenvalue weighted by atomic mass is 9.96. The van der Waals surface area contributed by atoms with Gasteiger partial charge < -0.3 is 19.7 Å². The first-order chi connectivity index (χ1) is 11.3. The number of hydrogen-bond acceptors (Lipinski definition) is 5. The van der Waals surface area contributed by atoms with E-state index < -0.39 is 0 Å². The smallest absolute Gasteiger partial charge is 0.317 e. The minimum atomic E-state index is -0.148. The summed E-state index contributed by atoms with van der Waals surface area (Å²) in [4.78, 5) is 22.2. The Labute approximate surface area is 136 Å². The van der Waals surface area contributed by atoms with Crippen molar-refractivity contribution in [3.63, 3.8) is 0 Å². The standard InChI is InChI=1S/C16H24N4O3/c21-16(19-13-5-2-1-3-6-13)20-9-10-22-14(11-20)12-23-15-17-7-4-8-18-15/h4,7-8,13-14H,1-3,5-6,9-12H2,(H,19,21). The van der Waals surface area contributed by atoms with Crippen LogP contribution in [0.5, 0.6) is 6.01 Å². The van der Waals surface area contributed by atoms with Crippen molar-refractivity contribution in [3.8, 4) is 6.01 Å². The van der Waals surface area contributed by atoms with E-state index in [1.165, 1.54) is 19.3 Å². The lowest BCUT2D eigenvalue weighted by molar-refractivity contribution is -0.0369. The minimum Gasteiger partial charge on any atom is -0.461 e. The molecule has 1 aromatic rings. The van der Waals surface area contributed by atoms with Gasteiger partial charge in [-0.2, -0.15) is 0 Å². The SMILES string of the molecule is O=C(NC1CCCCC1)N1CCOC(COc2ncccn2)C1. The number of rotatable bonds is 4. The molecule has 0 spiro atoms. The number of morpholine rings is 1. The number of nitrogens with zero attached hydrogens (tertiary/aromatic N) is 3. The quantitative estimate of drug-likeness (QED) is 0.912. The fourth-order valence-corrected chi connectivity index (χ4v) is 3.04. The molecule has 126 valence electrons. The van der Waals surface area contributed by atoms with E-state index in [0.717, 1.165) is 12.8 Å². The maximum atomic E-state index is 12.4. The van der Waals surface area contributed by atoms with Crippen molar-refractivity contribution in [3.05, 3.63) is 18.5 Å². The summed E-state index contributed by atoms with van der Waals surface area (Å²) in [6, 6.07) is 2.41. The zero-order valence-corrected chi connectivity index (χ0v) is 13.3. The predicted octanol–water partition coefficient (Wildman–Crippen LogP) is 1.60. The minimum absolute atomic E-state index is 0.0150. The van der Waals surface area contributed by atoms with E-state index >= 15 is 0 Å². The Bertz CT molecular complexity index is 493. The van der Waals surface area contributed by atoms with Gasteiger partial charge in [0, 0.05) is 25.0 Å². The zero-order valence-electron chi connectivity index (χ0n) is 13.3. The van der Waals surface area contributed by atoms with Crippen LogP contribution in [-0.4, -0.2) is 59.3 Å². The second kappa shape index (κ2) is 8.10. The number of carbonyl (C=O) groups excluding carboxylic acids is 1. The molecular formula is C16H24N4O3. The Morgan fingerprint density at radius 2 is 2.09 bits per heavy atom. The molecule has 1 aliphatic carbocycles. The number of aromatic nitrogens is 2. The van der Waals surface area contributed by atoms with Crippen molar-refractivity contribution in [2.24, 2.45) is 0 Å². The molecule has 1 N–H and O–H groups in total. The number of ether oxygens (including phenoxy) is 2. The van der Waals surface area contributed by atoms with Gasteiger partial charge in [0.25, 0.3) is 0 Å². The molecule has 0 radical (unpaired) electrons.